The third-order valence-corrected chi connectivity index (χ3v) is 11.5. The first-order chi connectivity index (χ1) is 30.9. The van der Waals surface area contributed by atoms with Gasteiger partial charge in [0.05, 0.1) is 0 Å². The van der Waals surface area contributed by atoms with Gasteiger partial charge in [-0.1, -0.05) is 202 Å². The number of nitrogens with two attached hydrogens (primary N) is 1. The second kappa shape index (κ2) is 49.8. The molecule has 2 atom stereocenters. The fraction of sp³-hybridized carbons (Fsp3) is 0.732. The van der Waals surface area contributed by atoms with Crippen LogP contribution in [0.5, 0.6) is 0 Å². The van der Waals surface area contributed by atoms with Crippen molar-refractivity contribution in [2.24, 2.45) is 5.73 Å². The van der Waals surface area contributed by atoms with E-state index >= 15 is 0 Å². The van der Waals surface area contributed by atoms with Crippen molar-refractivity contribution >= 4 is 17.8 Å². The maximum atomic E-state index is 12.9. The standard InChI is InChI=1S/C56H98N2O5/c1-3-5-7-9-11-13-15-17-19-20-21-22-23-24-25-26-27-29-31-33-35-40-44-50-55(60)63-52(46-41-37-34-32-30-28-18-16-14-12-10-8-6-4-2)47-42-38-36-39-43-49-54(59)58-53(56(61)62)48-45-51-57/h5,7,11,13,17,19,21-22,24-25,27,29,52-53H,3-4,6,8-10,12,14-16,18,20,23,26,28,30-51,57H2,1-2H3,(H,58,59)(H,61,62)/b7-5-,13-11-,19-17-,22-21-,25-24-,29-27-. The largest absolute Gasteiger partial charge is 0.480 e. The normalized spacial score (nSPS) is 13.2. The average molecular weight is 879 g/mol. The molecule has 0 heterocycles. The van der Waals surface area contributed by atoms with Crippen molar-refractivity contribution < 1.29 is 24.2 Å². The van der Waals surface area contributed by atoms with Gasteiger partial charge in [-0.15, -0.1) is 0 Å². The molecule has 0 fully saturated rings. The van der Waals surface area contributed by atoms with Gasteiger partial charge in [0.25, 0.3) is 0 Å². The summed E-state index contributed by atoms with van der Waals surface area (Å²) >= 11 is 0. The van der Waals surface area contributed by atoms with Crippen LogP contribution >= 0.6 is 0 Å². The molecular formula is C56H98N2O5. The smallest absolute Gasteiger partial charge is 0.326 e. The van der Waals surface area contributed by atoms with Crippen LogP contribution in [0, 0.1) is 0 Å². The monoisotopic (exact) mass is 879 g/mol. The second-order valence-corrected chi connectivity index (χ2v) is 17.6. The lowest BCUT2D eigenvalue weighted by Gasteiger charge is -2.18. The first kappa shape index (κ1) is 59.8. The van der Waals surface area contributed by atoms with Gasteiger partial charge in [-0.2, -0.15) is 0 Å². The lowest BCUT2D eigenvalue weighted by molar-refractivity contribution is -0.150. The minimum Gasteiger partial charge on any atom is -0.480 e. The highest BCUT2D eigenvalue weighted by atomic mass is 16.5. The van der Waals surface area contributed by atoms with Gasteiger partial charge in [0, 0.05) is 12.8 Å². The molecule has 0 aliphatic heterocycles. The molecule has 1 amide bonds. The number of hydrogen-bond donors (Lipinski definition) is 3. The Balaban J connectivity index is 4.33. The molecular weight excluding hydrogens is 781 g/mol. The molecule has 0 aliphatic carbocycles. The van der Waals surface area contributed by atoms with E-state index in [-0.39, 0.29) is 18.0 Å². The third-order valence-electron chi connectivity index (χ3n) is 11.5. The van der Waals surface area contributed by atoms with Crippen LogP contribution in [-0.2, 0) is 19.1 Å². The maximum absolute atomic E-state index is 12.9. The van der Waals surface area contributed by atoms with Crippen molar-refractivity contribution in [1.29, 1.82) is 0 Å². The van der Waals surface area contributed by atoms with Crippen molar-refractivity contribution in [2.45, 2.75) is 257 Å². The molecule has 0 aromatic heterocycles. The van der Waals surface area contributed by atoms with E-state index in [2.05, 4.69) is 92.1 Å². The number of amides is 1. The molecule has 0 rings (SSSR count). The van der Waals surface area contributed by atoms with E-state index in [4.69, 9.17) is 10.5 Å². The van der Waals surface area contributed by atoms with E-state index in [0.717, 1.165) is 122 Å². The van der Waals surface area contributed by atoms with E-state index in [1.54, 1.807) is 0 Å². The summed E-state index contributed by atoms with van der Waals surface area (Å²) in [5.41, 5.74) is 5.50. The number of nitrogens with one attached hydrogen (secondary N) is 1. The SMILES string of the molecule is CC/C=C\C/C=C\C/C=C\C/C=C\C/C=C\C/C=C\CCCCCCC(=O)OC(CCCCCCCCCCCCCCCC)CCCCCCCC(=O)NC(CCCN)C(=O)O. The Morgan fingerprint density at radius 3 is 1.32 bits per heavy atom. The number of carboxylic acids is 1. The lowest BCUT2D eigenvalue weighted by atomic mass is 10.0. The number of unbranched alkanes of at least 4 members (excludes halogenated alkanes) is 21. The lowest BCUT2D eigenvalue weighted by Crippen LogP contribution is -2.40. The van der Waals surface area contributed by atoms with Gasteiger partial charge in [0.15, 0.2) is 0 Å². The quantitative estimate of drug-likeness (QED) is 0.0318. The van der Waals surface area contributed by atoms with E-state index in [1.807, 2.05) is 0 Å². The van der Waals surface area contributed by atoms with Gasteiger partial charge in [0.2, 0.25) is 5.91 Å². The van der Waals surface area contributed by atoms with Gasteiger partial charge >= 0.3 is 11.9 Å². The number of carbonyl (C=O) groups excluding carboxylic acids is 2. The number of allylic oxidation sites excluding steroid dienone is 12. The molecule has 63 heavy (non-hydrogen) atoms. The zero-order valence-corrected chi connectivity index (χ0v) is 40.9. The predicted molar refractivity (Wildman–Crippen MR) is 271 cm³/mol. The Bertz CT molecular complexity index is 1220. The molecule has 7 nitrogen and oxygen atoms in total. The summed E-state index contributed by atoms with van der Waals surface area (Å²) in [4.78, 5) is 36.6. The van der Waals surface area contributed by atoms with Crippen molar-refractivity contribution in [1.82, 2.24) is 5.32 Å². The summed E-state index contributed by atoms with van der Waals surface area (Å²) in [6.07, 6.45) is 65.3. The number of carboxylic acid groups (broad SMARTS) is 1. The summed E-state index contributed by atoms with van der Waals surface area (Å²) in [5, 5.41) is 12.0. The minimum absolute atomic E-state index is 0.00446. The third kappa shape index (κ3) is 46.6. The summed E-state index contributed by atoms with van der Waals surface area (Å²) in [5.74, 6) is -1.25. The topological polar surface area (TPSA) is 119 Å². The molecule has 0 aromatic carbocycles. The molecule has 0 radical (unpaired) electrons. The first-order valence-corrected chi connectivity index (χ1v) is 26.3. The van der Waals surface area contributed by atoms with Gasteiger partial charge in [-0.3, -0.25) is 9.59 Å². The van der Waals surface area contributed by atoms with Crippen LogP contribution in [0.25, 0.3) is 0 Å². The van der Waals surface area contributed by atoms with Crippen LogP contribution < -0.4 is 11.1 Å². The molecule has 0 aromatic rings. The van der Waals surface area contributed by atoms with Crippen LogP contribution in [0.2, 0.25) is 0 Å². The van der Waals surface area contributed by atoms with Crippen molar-refractivity contribution in [3.63, 3.8) is 0 Å². The van der Waals surface area contributed by atoms with E-state index < -0.39 is 12.0 Å². The number of ether oxygens (including phenoxy) is 1. The summed E-state index contributed by atoms with van der Waals surface area (Å²) < 4.78 is 6.08. The molecule has 7 heteroatoms. The van der Waals surface area contributed by atoms with Crippen LogP contribution in [0.3, 0.4) is 0 Å². The average Bonchev–Trinajstić information content (AvgIpc) is 3.27. The zero-order chi connectivity index (χ0) is 45.9. The highest BCUT2D eigenvalue weighted by molar-refractivity contribution is 5.83. The van der Waals surface area contributed by atoms with Gasteiger partial charge in [0.1, 0.15) is 12.1 Å². The molecule has 362 valence electrons. The Morgan fingerprint density at radius 1 is 0.476 bits per heavy atom. The molecule has 4 N–H and O–H groups in total. The maximum Gasteiger partial charge on any atom is 0.326 e. The Morgan fingerprint density at radius 2 is 0.873 bits per heavy atom. The highest BCUT2D eigenvalue weighted by Crippen LogP contribution is 2.19. The fourth-order valence-corrected chi connectivity index (χ4v) is 7.63. The van der Waals surface area contributed by atoms with E-state index in [9.17, 15) is 19.5 Å². The van der Waals surface area contributed by atoms with E-state index in [1.165, 1.54) is 83.5 Å². The minimum atomic E-state index is -1.01. The number of aliphatic carboxylic acids is 1. The summed E-state index contributed by atoms with van der Waals surface area (Å²) in [6, 6.07) is -0.862. The van der Waals surface area contributed by atoms with Crippen molar-refractivity contribution in [2.75, 3.05) is 6.54 Å². The van der Waals surface area contributed by atoms with Gasteiger partial charge < -0.3 is 20.9 Å². The van der Waals surface area contributed by atoms with E-state index in [0.29, 0.717) is 32.2 Å². The number of esters is 1. The fourth-order valence-electron chi connectivity index (χ4n) is 7.63. The highest BCUT2D eigenvalue weighted by Gasteiger charge is 2.19. The van der Waals surface area contributed by atoms with Crippen LogP contribution in [0.4, 0.5) is 0 Å². The molecule has 0 bridgehead atoms. The second-order valence-electron chi connectivity index (χ2n) is 17.6. The molecule has 2 unspecified atom stereocenters. The molecule has 0 saturated carbocycles. The van der Waals surface area contributed by atoms with Crippen LogP contribution in [-0.4, -0.2) is 41.6 Å². The molecule has 0 saturated heterocycles. The van der Waals surface area contributed by atoms with Crippen molar-refractivity contribution in [3.05, 3.63) is 72.9 Å². The Labute approximate surface area is 388 Å². The number of carbonyl (C=O) groups is 3. The summed E-state index contributed by atoms with van der Waals surface area (Å²) in [6.45, 7) is 4.85. The van der Waals surface area contributed by atoms with Crippen LogP contribution in [0.1, 0.15) is 245 Å². The van der Waals surface area contributed by atoms with Crippen LogP contribution in [0.15, 0.2) is 72.9 Å². The molecule has 0 aliphatic rings. The van der Waals surface area contributed by atoms with Gasteiger partial charge in [-0.25, -0.2) is 4.79 Å². The van der Waals surface area contributed by atoms with Gasteiger partial charge in [-0.05, 0) is 109 Å². The number of rotatable bonds is 47. The van der Waals surface area contributed by atoms with Crippen molar-refractivity contribution in [3.8, 4) is 0 Å². The first-order valence-electron chi connectivity index (χ1n) is 26.3. The summed E-state index contributed by atoms with van der Waals surface area (Å²) in [7, 11) is 0. The Kier molecular flexibility index (Phi) is 47.3. The number of hydrogen-bond acceptors (Lipinski definition) is 5. The zero-order valence-electron chi connectivity index (χ0n) is 40.9. The molecule has 0 spiro atoms. The Hall–Kier alpha value is -3.19. The predicted octanol–water partition coefficient (Wildman–Crippen LogP) is 15.8.